The van der Waals surface area contributed by atoms with E-state index in [1.807, 2.05) is 0 Å². The number of benzene rings is 2. The second-order valence-electron chi connectivity index (χ2n) is 6.31. The highest BCUT2D eigenvalue weighted by Crippen LogP contribution is 2.32. The fourth-order valence-corrected chi connectivity index (χ4v) is 2.68. The normalized spacial score (nSPS) is 13.7. The van der Waals surface area contributed by atoms with Crippen molar-refractivity contribution in [2.24, 2.45) is 10.2 Å². The van der Waals surface area contributed by atoms with Gasteiger partial charge in [0.15, 0.2) is 23.0 Å². The molecule has 2 N–H and O–H groups in total. The van der Waals surface area contributed by atoms with Crippen LogP contribution < -0.4 is 29.8 Å². The van der Waals surface area contributed by atoms with E-state index in [4.69, 9.17) is 18.9 Å². The maximum atomic E-state index is 11.8. The van der Waals surface area contributed by atoms with Gasteiger partial charge in [-0.2, -0.15) is 10.2 Å². The van der Waals surface area contributed by atoms with E-state index in [0.29, 0.717) is 23.0 Å². The Hall–Kier alpha value is -4.08. The number of nitrogens with zero attached hydrogens (tertiary/aromatic N) is 2. The molecule has 2 aliphatic heterocycles. The van der Waals surface area contributed by atoms with Crippen molar-refractivity contribution in [2.45, 2.75) is 12.8 Å². The third-order valence-electron chi connectivity index (χ3n) is 4.18. The third-order valence-corrected chi connectivity index (χ3v) is 4.18. The van der Waals surface area contributed by atoms with Gasteiger partial charge in [-0.3, -0.25) is 9.59 Å². The van der Waals surface area contributed by atoms with E-state index in [1.54, 1.807) is 36.4 Å². The van der Waals surface area contributed by atoms with Crippen LogP contribution in [0.3, 0.4) is 0 Å². The van der Waals surface area contributed by atoms with Crippen LogP contribution in [0.4, 0.5) is 0 Å². The Bertz CT molecular complexity index is 939. The summed E-state index contributed by atoms with van der Waals surface area (Å²) >= 11 is 0. The smallest absolute Gasteiger partial charge is 0.240 e. The van der Waals surface area contributed by atoms with Crippen LogP contribution in [0.1, 0.15) is 24.0 Å². The second-order valence-corrected chi connectivity index (χ2v) is 6.31. The van der Waals surface area contributed by atoms with Crippen molar-refractivity contribution in [1.29, 1.82) is 0 Å². The SMILES string of the molecule is O=C(CCC(=O)NN=Cc1ccc2c(c1)OCO2)NN=Cc1ccc2c(c1)OCO2. The van der Waals surface area contributed by atoms with Gasteiger partial charge in [-0.15, -0.1) is 0 Å². The summed E-state index contributed by atoms with van der Waals surface area (Å²) in [6, 6.07) is 10.6. The standard InChI is InChI=1S/C20H18N4O6/c25-19(23-21-9-13-1-3-15-17(7-13)29-11-27-15)5-6-20(26)24-22-10-14-2-4-16-18(8-14)30-12-28-16/h1-4,7-10H,5-6,11-12H2,(H,23,25)(H,24,26). The molecule has 0 radical (unpaired) electrons. The summed E-state index contributed by atoms with van der Waals surface area (Å²) in [6.07, 6.45) is 2.92. The van der Waals surface area contributed by atoms with Gasteiger partial charge in [0, 0.05) is 12.8 Å². The van der Waals surface area contributed by atoms with Crippen LogP contribution in [0.2, 0.25) is 0 Å². The number of fused-ring (bicyclic) bond motifs is 2. The molecule has 154 valence electrons. The molecule has 0 fully saturated rings. The van der Waals surface area contributed by atoms with Gasteiger partial charge in [0.05, 0.1) is 12.4 Å². The molecule has 2 aromatic rings. The number of rotatable bonds is 7. The Morgan fingerprint density at radius 3 is 1.63 bits per heavy atom. The lowest BCUT2D eigenvalue weighted by Crippen LogP contribution is -2.22. The van der Waals surface area contributed by atoms with Crippen LogP contribution in [0.25, 0.3) is 0 Å². The first-order chi connectivity index (χ1) is 14.7. The monoisotopic (exact) mass is 410 g/mol. The number of carbonyl (C=O) groups is 2. The Kier molecular flexibility index (Phi) is 5.74. The fraction of sp³-hybridized carbons (Fsp3) is 0.200. The number of ether oxygens (including phenoxy) is 4. The number of amides is 2. The van der Waals surface area contributed by atoms with Crippen molar-refractivity contribution in [3.05, 3.63) is 47.5 Å². The van der Waals surface area contributed by atoms with Gasteiger partial charge in [-0.05, 0) is 47.5 Å². The fourth-order valence-electron chi connectivity index (χ4n) is 2.68. The molecule has 0 aromatic heterocycles. The van der Waals surface area contributed by atoms with Gasteiger partial charge >= 0.3 is 0 Å². The first kappa shape index (κ1) is 19.2. The molecule has 2 aromatic carbocycles. The Morgan fingerprint density at radius 2 is 1.17 bits per heavy atom. The maximum Gasteiger partial charge on any atom is 0.240 e. The van der Waals surface area contributed by atoms with Crippen LogP contribution in [0.15, 0.2) is 46.6 Å². The molecule has 0 saturated carbocycles. The highest BCUT2D eigenvalue weighted by atomic mass is 16.7. The molecule has 10 heteroatoms. The molecule has 0 saturated heterocycles. The highest BCUT2D eigenvalue weighted by Gasteiger charge is 2.13. The minimum Gasteiger partial charge on any atom is -0.454 e. The van der Waals surface area contributed by atoms with Crippen molar-refractivity contribution in [3.63, 3.8) is 0 Å². The predicted octanol–water partition coefficient (Wildman–Crippen LogP) is 1.52. The highest BCUT2D eigenvalue weighted by molar-refractivity contribution is 5.87. The lowest BCUT2D eigenvalue weighted by atomic mass is 10.2. The molecule has 0 aliphatic carbocycles. The Morgan fingerprint density at radius 1 is 0.733 bits per heavy atom. The summed E-state index contributed by atoms with van der Waals surface area (Å²) in [7, 11) is 0. The minimum absolute atomic E-state index is 0.0240. The van der Waals surface area contributed by atoms with Gasteiger partial charge in [-0.1, -0.05) is 0 Å². The summed E-state index contributed by atoms with van der Waals surface area (Å²) in [6.45, 7) is 0.380. The van der Waals surface area contributed by atoms with E-state index >= 15 is 0 Å². The molecule has 4 rings (SSSR count). The van der Waals surface area contributed by atoms with E-state index in [9.17, 15) is 9.59 Å². The van der Waals surface area contributed by atoms with Gasteiger partial charge < -0.3 is 18.9 Å². The Labute approximate surface area is 171 Å². The second kappa shape index (κ2) is 8.95. The molecule has 0 bridgehead atoms. The quantitative estimate of drug-likeness (QED) is 0.528. The topological polar surface area (TPSA) is 120 Å². The van der Waals surface area contributed by atoms with Crippen molar-refractivity contribution in [3.8, 4) is 23.0 Å². The van der Waals surface area contributed by atoms with Gasteiger partial charge in [-0.25, -0.2) is 10.9 Å². The van der Waals surface area contributed by atoms with E-state index in [0.717, 1.165) is 11.1 Å². The average molecular weight is 410 g/mol. The molecule has 0 spiro atoms. The molecular weight excluding hydrogens is 392 g/mol. The van der Waals surface area contributed by atoms with Crippen LogP contribution in [0.5, 0.6) is 23.0 Å². The first-order valence-electron chi connectivity index (χ1n) is 9.10. The van der Waals surface area contributed by atoms with Crippen LogP contribution in [-0.2, 0) is 9.59 Å². The van der Waals surface area contributed by atoms with Gasteiger partial charge in [0.1, 0.15) is 0 Å². The van der Waals surface area contributed by atoms with Crippen molar-refractivity contribution >= 4 is 24.2 Å². The van der Waals surface area contributed by atoms with Crippen molar-refractivity contribution in [2.75, 3.05) is 13.6 Å². The third kappa shape index (κ3) is 4.85. The number of hydrogen-bond donors (Lipinski definition) is 2. The molecular formula is C20H18N4O6. The molecule has 10 nitrogen and oxygen atoms in total. The van der Waals surface area contributed by atoms with Gasteiger partial charge in [0.2, 0.25) is 25.4 Å². The van der Waals surface area contributed by atoms with Crippen molar-refractivity contribution in [1.82, 2.24) is 10.9 Å². The zero-order valence-electron chi connectivity index (χ0n) is 15.8. The average Bonchev–Trinajstić information content (AvgIpc) is 3.40. The molecule has 2 heterocycles. The van der Waals surface area contributed by atoms with E-state index in [2.05, 4.69) is 21.1 Å². The molecule has 30 heavy (non-hydrogen) atoms. The number of hydrogen-bond acceptors (Lipinski definition) is 8. The summed E-state index contributed by atoms with van der Waals surface area (Å²) in [5, 5.41) is 7.74. The largest absolute Gasteiger partial charge is 0.454 e. The lowest BCUT2D eigenvalue weighted by molar-refractivity contribution is -0.126. The van der Waals surface area contributed by atoms with Crippen LogP contribution in [-0.4, -0.2) is 37.8 Å². The molecule has 2 aliphatic rings. The zero-order chi connectivity index (χ0) is 20.8. The van der Waals surface area contributed by atoms with Crippen molar-refractivity contribution < 1.29 is 28.5 Å². The summed E-state index contributed by atoms with van der Waals surface area (Å²) in [5.74, 6) is 1.82. The van der Waals surface area contributed by atoms with Gasteiger partial charge in [0.25, 0.3) is 0 Å². The molecule has 2 amide bonds. The van der Waals surface area contributed by atoms with E-state index < -0.39 is 0 Å². The summed E-state index contributed by atoms with van der Waals surface area (Å²) in [4.78, 5) is 23.6. The minimum atomic E-state index is -0.387. The maximum absolute atomic E-state index is 11.8. The summed E-state index contributed by atoms with van der Waals surface area (Å²) in [5.41, 5.74) is 6.24. The predicted molar refractivity (Wildman–Crippen MR) is 106 cm³/mol. The first-order valence-corrected chi connectivity index (χ1v) is 9.10. The van der Waals surface area contributed by atoms with E-state index in [-0.39, 0.29) is 38.2 Å². The zero-order valence-corrected chi connectivity index (χ0v) is 15.8. The lowest BCUT2D eigenvalue weighted by Gasteiger charge is -2.01. The van der Waals surface area contributed by atoms with E-state index in [1.165, 1.54) is 12.4 Å². The molecule has 0 atom stereocenters. The molecule has 0 unspecified atom stereocenters. The number of carbonyl (C=O) groups excluding carboxylic acids is 2. The van der Waals surface area contributed by atoms with Crippen LogP contribution in [0, 0.1) is 0 Å². The summed E-state index contributed by atoms with van der Waals surface area (Å²) < 4.78 is 21.0. The number of nitrogens with one attached hydrogen (secondary N) is 2. The Balaban J connectivity index is 1.17. The number of hydrazone groups is 2. The van der Waals surface area contributed by atoms with Crippen LogP contribution >= 0.6 is 0 Å².